The van der Waals surface area contributed by atoms with Crippen LogP contribution in [0.1, 0.15) is 46.9 Å². The molecule has 1 unspecified atom stereocenters. The molecule has 0 bridgehead atoms. The van der Waals surface area contributed by atoms with Gasteiger partial charge in [-0.25, -0.2) is 4.98 Å². The van der Waals surface area contributed by atoms with E-state index in [-0.39, 0.29) is 6.04 Å². The summed E-state index contributed by atoms with van der Waals surface area (Å²) in [5.74, 6) is 0. The predicted octanol–water partition coefficient (Wildman–Crippen LogP) is 5.38. The highest BCUT2D eigenvalue weighted by atomic mass is 79.9. The van der Waals surface area contributed by atoms with Crippen LogP contribution in [-0.2, 0) is 6.42 Å². The summed E-state index contributed by atoms with van der Waals surface area (Å²) in [5, 5.41) is 4.93. The molecule has 1 fully saturated rings. The summed E-state index contributed by atoms with van der Waals surface area (Å²) < 4.78 is 2.17. The number of nitrogens with one attached hydrogen (secondary N) is 1. The monoisotopic (exact) mass is 428 g/mol. The lowest BCUT2D eigenvalue weighted by Gasteiger charge is -2.17. The molecule has 1 aliphatic rings. The van der Waals surface area contributed by atoms with Crippen molar-refractivity contribution < 1.29 is 0 Å². The number of aryl methyl sites for hydroxylation is 2. The summed E-state index contributed by atoms with van der Waals surface area (Å²) in [6.45, 7) is 4.34. The first kappa shape index (κ1) is 15.7. The van der Waals surface area contributed by atoms with E-state index in [1.54, 1.807) is 0 Å². The Kier molecular flexibility index (Phi) is 4.84. The minimum absolute atomic E-state index is 0.200. The molecule has 3 rings (SSSR count). The molecule has 1 aromatic heterocycles. The summed E-state index contributed by atoms with van der Waals surface area (Å²) in [6.07, 6.45) is 3.56. The minimum atomic E-state index is 0.200. The first-order valence-electron chi connectivity index (χ1n) is 7.25. The normalized spacial score (nSPS) is 16.2. The van der Waals surface area contributed by atoms with Crippen LogP contribution in [0.4, 0.5) is 0 Å². The Labute approximate surface area is 146 Å². The van der Waals surface area contributed by atoms with Crippen LogP contribution in [0.5, 0.6) is 0 Å². The minimum Gasteiger partial charge on any atom is -0.301 e. The topological polar surface area (TPSA) is 24.9 Å². The van der Waals surface area contributed by atoms with Gasteiger partial charge in [-0.1, -0.05) is 13.0 Å². The van der Waals surface area contributed by atoms with E-state index >= 15 is 0 Å². The van der Waals surface area contributed by atoms with Gasteiger partial charge in [-0.15, -0.1) is 11.3 Å². The van der Waals surface area contributed by atoms with Gasteiger partial charge in [0.05, 0.1) is 11.7 Å². The van der Waals surface area contributed by atoms with Gasteiger partial charge < -0.3 is 5.32 Å². The molecular formula is C16H18Br2N2S. The van der Waals surface area contributed by atoms with E-state index in [1.165, 1.54) is 34.0 Å². The fourth-order valence-electron chi connectivity index (χ4n) is 2.39. The number of thiazole rings is 1. The van der Waals surface area contributed by atoms with E-state index in [0.717, 1.165) is 15.4 Å². The van der Waals surface area contributed by atoms with Crippen molar-refractivity contribution in [1.29, 1.82) is 0 Å². The van der Waals surface area contributed by atoms with Crippen LogP contribution in [0.3, 0.4) is 0 Å². The Hall–Kier alpha value is -0.230. The van der Waals surface area contributed by atoms with E-state index < -0.39 is 0 Å². The first-order valence-corrected chi connectivity index (χ1v) is 9.66. The zero-order chi connectivity index (χ0) is 15.0. The van der Waals surface area contributed by atoms with Gasteiger partial charge in [0.2, 0.25) is 0 Å². The molecule has 1 atom stereocenters. The smallest absolute Gasteiger partial charge is 0.115 e. The number of hydrogen-bond acceptors (Lipinski definition) is 3. The second kappa shape index (κ2) is 6.49. The van der Waals surface area contributed by atoms with E-state index in [1.807, 2.05) is 11.3 Å². The number of halogens is 2. The molecular weight excluding hydrogens is 412 g/mol. The largest absolute Gasteiger partial charge is 0.301 e. The van der Waals surface area contributed by atoms with Gasteiger partial charge >= 0.3 is 0 Å². The predicted molar refractivity (Wildman–Crippen MR) is 96.1 cm³/mol. The van der Waals surface area contributed by atoms with Gasteiger partial charge in [-0.3, -0.25) is 0 Å². The molecule has 0 aliphatic heterocycles. The molecule has 0 saturated heterocycles. The summed E-state index contributed by atoms with van der Waals surface area (Å²) in [4.78, 5) is 6.21. The SMILES string of the molecule is CCc1nc(C(NC2CC2)c2ccc(Br)c(Br)c2)sc1C. The van der Waals surface area contributed by atoms with E-state index in [0.29, 0.717) is 6.04 Å². The summed E-state index contributed by atoms with van der Waals surface area (Å²) in [6, 6.07) is 7.31. The molecule has 2 aromatic rings. The van der Waals surface area contributed by atoms with Crippen LogP contribution >= 0.6 is 43.2 Å². The fraction of sp³-hybridized carbons (Fsp3) is 0.438. The molecule has 0 spiro atoms. The zero-order valence-corrected chi connectivity index (χ0v) is 16.1. The second-order valence-electron chi connectivity index (χ2n) is 5.46. The maximum absolute atomic E-state index is 4.87. The third-order valence-corrected chi connectivity index (χ3v) is 6.71. The van der Waals surface area contributed by atoms with Gasteiger partial charge in [0.1, 0.15) is 5.01 Å². The third kappa shape index (κ3) is 3.58. The highest BCUT2D eigenvalue weighted by molar-refractivity contribution is 9.13. The van der Waals surface area contributed by atoms with E-state index in [4.69, 9.17) is 4.98 Å². The highest BCUT2D eigenvalue weighted by Crippen LogP contribution is 2.34. The maximum Gasteiger partial charge on any atom is 0.115 e. The summed E-state index contributed by atoms with van der Waals surface area (Å²) in [5.41, 5.74) is 2.50. The van der Waals surface area contributed by atoms with Crippen molar-refractivity contribution in [3.63, 3.8) is 0 Å². The van der Waals surface area contributed by atoms with Crippen LogP contribution in [0.15, 0.2) is 27.1 Å². The van der Waals surface area contributed by atoms with Gasteiger partial charge in [0, 0.05) is 19.9 Å². The highest BCUT2D eigenvalue weighted by Gasteiger charge is 2.28. The molecule has 5 heteroatoms. The summed E-state index contributed by atoms with van der Waals surface area (Å²) in [7, 11) is 0. The Morgan fingerprint density at radius 2 is 2.10 bits per heavy atom. The van der Waals surface area contributed by atoms with Crippen molar-refractivity contribution in [2.75, 3.05) is 0 Å². The fourth-order valence-corrected chi connectivity index (χ4v) is 4.13. The number of hydrogen-bond donors (Lipinski definition) is 1. The van der Waals surface area contributed by atoms with Crippen LogP contribution in [0.25, 0.3) is 0 Å². The third-order valence-electron chi connectivity index (χ3n) is 3.75. The van der Waals surface area contributed by atoms with Crippen molar-refractivity contribution in [2.45, 2.75) is 45.2 Å². The average molecular weight is 430 g/mol. The number of benzene rings is 1. The van der Waals surface area contributed by atoms with Crippen molar-refractivity contribution in [3.8, 4) is 0 Å². The van der Waals surface area contributed by atoms with Gasteiger partial charge in [0.25, 0.3) is 0 Å². The van der Waals surface area contributed by atoms with Crippen molar-refractivity contribution >= 4 is 43.2 Å². The lowest BCUT2D eigenvalue weighted by molar-refractivity contribution is 0.596. The van der Waals surface area contributed by atoms with Crippen LogP contribution in [-0.4, -0.2) is 11.0 Å². The van der Waals surface area contributed by atoms with Crippen molar-refractivity contribution in [2.24, 2.45) is 0 Å². The quantitative estimate of drug-likeness (QED) is 0.689. The molecule has 1 N–H and O–H groups in total. The molecule has 1 saturated carbocycles. The maximum atomic E-state index is 4.87. The Balaban J connectivity index is 1.97. The van der Waals surface area contributed by atoms with Crippen LogP contribution in [0.2, 0.25) is 0 Å². The Bertz CT molecular complexity index is 650. The number of nitrogens with zero attached hydrogens (tertiary/aromatic N) is 1. The van der Waals surface area contributed by atoms with E-state index in [9.17, 15) is 0 Å². The lowest BCUT2D eigenvalue weighted by atomic mass is 10.1. The molecule has 112 valence electrons. The molecule has 1 aromatic carbocycles. The van der Waals surface area contributed by atoms with Crippen molar-refractivity contribution in [3.05, 3.63) is 48.3 Å². The molecule has 0 amide bonds. The standard InChI is InChI=1S/C16H18Br2N2S/c1-3-14-9(2)21-16(20-14)15(19-11-5-6-11)10-4-7-12(17)13(18)8-10/h4,7-8,11,15,19H,3,5-6H2,1-2H3. The molecule has 21 heavy (non-hydrogen) atoms. The molecule has 0 radical (unpaired) electrons. The molecule has 1 aliphatic carbocycles. The van der Waals surface area contributed by atoms with Crippen molar-refractivity contribution in [1.82, 2.24) is 10.3 Å². The van der Waals surface area contributed by atoms with Crippen LogP contribution < -0.4 is 5.32 Å². The number of aromatic nitrogens is 1. The zero-order valence-electron chi connectivity index (χ0n) is 12.1. The molecule has 1 heterocycles. The Morgan fingerprint density at radius 3 is 2.67 bits per heavy atom. The van der Waals surface area contributed by atoms with Gasteiger partial charge in [-0.2, -0.15) is 0 Å². The average Bonchev–Trinajstić information content (AvgIpc) is 3.21. The molecule has 2 nitrogen and oxygen atoms in total. The Morgan fingerprint density at radius 1 is 1.33 bits per heavy atom. The van der Waals surface area contributed by atoms with Gasteiger partial charge in [-0.05, 0) is 75.7 Å². The lowest BCUT2D eigenvalue weighted by Crippen LogP contribution is -2.24. The van der Waals surface area contributed by atoms with Crippen LogP contribution in [0, 0.1) is 6.92 Å². The first-order chi connectivity index (χ1) is 10.1. The van der Waals surface area contributed by atoms with E-state index in [2.05, 4.69) is 69.2 Å². The van der Waals surface area contributed by atoms with Gasteiger partial charge in [0.15, 0.2) is 0 Å². The summed E-state index contributed by atoms with van der Waals surface area (Å²) >= 11 is 8.98. The second-order valence-corrected chi connectivity index (χ2v) is 8.40. The number of rotatable bonds is 5.